The van der Waals surface area contributed by atoms with E-state index in [2.05, 4.69) is 4.98 Å². The molecule has 0 saturated carbocycles. The molecule has 0 fully saturated rings. The average molecular weight is 417 g/mol. The van der Waals surface area contributed by atoms with Crippen molar-refractivity contribution in [2.24, 2.45) is 5.92 Å². The summed E-state index contributed by atoms with van der Waals surface area (Å²) in [7, 11) is 1.58. The number of ketones is 1. The van der Waals surface area contributed by atoms with Crippen molar-refractivity contribution in [3.8, 4) is 5.75 Å². The van der Waals surface area contributed by atoms with Crippen LogP contribution in [0.2, 0.25) is 5.02 Å². The summed E-state index contributed by atoms with van der Waals surface area (Å²) < 4.78 is 6.75. The third-order valence-corrected chi connectivity index (χ3v) is 5.38. The van der Waals surface area contributed by atoms with Crippen LogP contribution < -0.4 is 10.3 Å². The van der Waals surface area contributed by atoms with E-state index < -0.39 is 0 Å². The van der Waals surface area contributed by atoms with Gasteiger partial charge in [0.25, 0.3) is 5.56 Å². The largest absolute Gasteiger partial charge is 0.497 e. The first kappa shape index (κ1) is 20.4. The Kier molecular flexibility index (Phi) is 6.42. The molecule has 0 atom stereocenters. The van der Waals surface area contributed by atoms with E-state index in [-0.39, 0.29) is 23.0 Å². The number of nitrogens with zero attached hydrogens (tertiary/aromatic N) is 2. The summed E-state index contributed by atoms with van der Waals surface area (Å²) in [4.78, 5) is 30.1. The zero-order valence-electron chi connectivity index (χ0n) is 15.9. The number of ether oxygens (including phenoxy) is 1. The Morgan fingerprint density at radius 2 is 1.93 bits per heavy atom. The highest BCUT2D eigenvalue weighted by Gasteiger charge is 2.15. The van der Waals surface area contributed by atoms with Gasteiger partial charge in [0, 0.05) is 17.1 Å². The molecule has 0 amide bonds. The maximum Gasteiger partial charge on any atom is 0.262 e. The van der Waals surface area contributed by atoms with Gasteiger partial charge in [-0.25, -0.2) is 4.98 Å². The van der Waals surface area contributed by atoms with Gasteiger partial charge < -0.3 is 4.74 Å². The molecule has 0 spiro atoms. The third kappa shape index (κ3) is 4.56. The van der Waals surface area contributed by atoms with Gasteiger partial charge in [-0.1, -0.05) is 37.2 Å². The number of halogens is 1. The van der Waals surface area contributed by atoms with E-state index in [1.807, 2.05) is 13.8 Å². The molecule has 3 rings (SSSR count). The van der Waals surface area contributed by atoms with Crippen molar-refractivity contribution in [2.75, 3.05) is 12.9 Å². The van der Waals surface area contributed by atoms with Crippen LogP contribution in [0.3, 0.4) is 0 Å². The zero-order chi connectivity index (χ0) is 20.3. The second-order valence-corrected chi connectivity index (χ2v) is 8.18. The van der Waals surface area contributed by atoms with E-state index in [1.165, 1.54) is 11.8 Å². The predicted octanol–water partition coefficient (Wildman–Crippen LogP) is 4.69. The van der Waals surface area contributed by atoms with E-state index >= 15 is 0 Å². The Balaban J connectivity index is 1.91. The maximum absolute atomic E-state index is 13.0. The van der Waals surface area contributed by atoms with Crippen molar-refractivity contribution in [3.63, 3.8) is 0 Å². The smallest absolute Gasteiger partial charge is 0.262 e. The fourth-order valence-electron chi connectivity index (χ4n) is 2.80. The van der Waals surface area contributed by atoms with E-state index in [0.29, 0.717) is 38.9 Å². The summed E-state index contributed by atoms with van der Waals surface area (Å²) in [5, 5.41) is 1.52. The highest BCUT2D eigenvalue weighted by molar-refractivity contribution is 7.99. The summed E-state index contributed by atoms with van der Waals surface area (Å²) >= 11 is 7.32. The van der Waals surface area contributed by atoms with Crippen molar-refractivity contribution in [3.05, 3.63) is 63.4 Å². The van der Waals surface area contributed by atoms with Crippen molar-refractivity contribution in [1.82, 2.24) is 9.55 Å². The minimum absolute atomic E-state index is 0.0331. The van der Waals surface area contributed by atoms with Gasteiger partial charge in [0.15, 0.2) is 10.9 Å². The molecular weight excluding hydrogens is 396 g/mol. The Bertz CT molecular complexity index is 1060. The third-order valence-electron chi connectivity index (χ3n) is 4.17. The van der Waals surface area contributed by atoms with Crippen molar-refractivity contribution in [2.45, 2.75) is 25.5 Å². The van der Waals surface area contributed by atoms with Gasteiger partial charge in [-0.2, -0.15) is 0 Å². The zero-order valence-corrected chi connectivity index (χ0v) is 17.5. The number of Topliss-reactive ketones (excluding diaryl/α,β-unsaturated/α-hetero) is 1. The fourth-order valence-corrected chi connectivity index (χ4v) is 3.87. The molecule has 0 radical (unpaired) electrons. The summed E-state index contributed by atoms with van der Waals surface area (Å²) in [6.07, 6.45) is 0. The van der Waals surface area contributed by atoms with Gasteiger partial charge in [0.1, 0.15) is 5.75 Å². The fraction of sp³-hybridized carbons (Fsp3) is 0.286. The lowest BCUT2D eigenvalue weighted by Gasteiger charge is -2.15. The first-order valence-corrected chi connectivity index (χ1v) is 10.3. The van der Waals surface area contributed by atoms with E-state index in [1.54, 1.807) is 54.1 Å². The Morgan fingerprint density at radius 3 is 2.57 bits per heavy atom. The van der Waals surface area contributed by atoms with Crippen LogP contribution in [0.5, 0.6) is 5.75 Å². The highest BCUT2D eigenvalue weighted by atomic mass is 35.5. The monoisotopic (exact) mass is 416 g/mol. The highest BCUT2D eigenvalue weighted by Crippen LogP contribution is 2.22. The molecule has 146 valence electrons. The topological polar surface area (TPSA) is 61.2 Å². The minimum Gasteiger partial charge on any atom is -0.497 e. The van der Waals surface area contributed by atoms with Crippen molar-refractivity contribution < 1.29 is 9.53 Å². The van der Waals surface area contributed by atoms with Crippen LogP contribution in [0.15, 0.2) is 52.4 Å². The van der Waals surface area contributed by atoms with Gasteiger partial charge in [0.2, 0.25) is 0 Å². The summed E-state index contributed by atoms with van der Waals surface area (Å²) in [5.41, 5.74) is 1.04. The standard InChI is InChI=1S/C21H21ClN2O3S/c1-13(2)11-24-20(26)17-10-15(22)6-9-18(17)23-21(24)28-12-19(25)14-4-7-16(27-3)8-5-14/h4-10,13H,11-12H2,1-3H3. The first-order valence-electron chi connectivity index (χ1n) is 8.89. The molecule has 0 aliphatic carbocycles. The Hall–Kier alpha value is -2.31. The lowest BCUT2D eigenvalue weighted by atomic mass is 10.1. The number of rotatable bonds is 7. The average Bonchev–Trinajstić information content (AvgIpc) is 2.69. The van der Waals surface area contributed by atoms with E-state index in [4.69, 9.17) is 16.3 Å². The number of fused-ring (bicyclic) bond motifs is 1. The molecule has 1 aromatic heterocycles. The van der Waals surface area contributed by atoms with Crippen LogP contribution in [0.4, 0.5) is 0 Å². The Labute approximate surface area is 172 Å². The van der Waals surface area contributed by atoms with Gasteiger partial charge in [-0.05, 0) is 48.4 Å². The van der Waals surface area contributed by atoms with Crippen LogP contribution >= 0.6 is 23.4 Å². The van der Waals surface area contributed by atoms with Crippen molar-refractivity contribution in [1.29, 1.82) is 0 Å². The number of hydrogen-bond acceptors (Lipinski definition) is 5. The lowest BCUT2D eigenvalue weighted by molar-refractivity contribution is 0.102. The summed E-state index contributed by atoms with van der Waals surface area (Å²) in [5.74, 6) is 1.11. The Morgan fingerprint density at radius 1 is 1.21 bits per heavy atom. The molecular formula is C21H21ClN2O3S. The SMILES string of the molecule is COc1ccc(C(=O)CSc2nc3ccc(Cl)cc3c(=O)n2CC(C)C)cc1. The molecule has 0 aliphatic heterocycles. The second kappa shape index (κ2) is 8.80. The van der Waals surface area contributed by atoms with E-state index in [9.17, 15) is 9.59 Å². The van der Waals surface area contributed by atoms with E-state index in [0.717, 1.165) is 0 Å². The summed E-state index contributed by atoms with van der Waals surface area (Å²) in [6, 6.07) is 12.1. The molecule has 5 nitrogen and oxygen atoms in total. The second-order valence-electron chi connectivity index (χ2n) is 6.81. The van der Waals surface area contributed by atoms with Crippen LogP contribution in [0.25, 0.3) is 10.9 Å². The van der Waals surface area contributed by atoms with Crippen molar-refractivity contribution >= 4 is 40.0 Å². The molecule has 0 unspecified atom stereocenters. The van der Waals surface area contributed by atoms with Gasteiger partial charge >= 0.3 is 0 Å². The van der Waals surface area contributed by atoms with Crippen LogP contribution in [0.1, 0.15) is 24.2 Å². The van der Waals surface area contributed by atoms with Crippen LogP contribution in [0, 0.1) is 5.92 Å². The number of hydrogen-bond donors (Lipinski definition) is 0. The number of aromatic nitrogens is 2. The number of thioether (sulfide) groups is 1. The van der Waals surface area contributed by atoms with Crippen LogP contribution in [-0.2, 0) is 6.54 Å². The number of methoxy groups -OCH3 is 1. The predicted molar refractivity (Wildman–Crippen MR) is 114 cm³/mol. The molecule has 28 heavy (non-hydrogen) atoms. The van der Waals surface area contributed by atoms with Crippen LogP contribution in [-0.4, -0.2) is 28.2 Å². The molecule has 7 heteroatoms. The number of benzene rings is 2. The number of carbonyl (C=O) groups excluding carboxylic acids is 1. The lowest BCUT2D eigenvalue weighted by Crippen LogP contribution is -2.25. The molecule has 0 saturated heterocycles. The first-order chi connectivity index (χ1) is 13.4. The molecule has 2 aromatic carbocycles. The van der Waals surface area contributed by atoms with Gasteiger partial charge in [-0.15, -0.1) is 0 Å². The molecule has 0 bridgehead atoms. The summed E-state index contributed by atoms with van der Waals surface area (Å²) in [6.45, 7) is 4.59. The van der Waals surface area contributed by atoms with Gasteiger partial charge in [-0.3, -0.25) is 14.2 Å². The van der Waals surface area contributed by atoms with Gasteiger partial charge in [0.05, 0.1) is 23.8 Å². The molecule has 0 aliphatic rings. The number of carbonyl (C=O) groups is 1. The molecule has 3 aromatic rings. The maximum atomic E-state index is 13.0. The molecule has 1 heterocycles. The minimum atomic E-state index is -0.138. The normalized spacial score (nSPS) is 11.2. The molecule has 0 N–H and O–H groups in total. The quantitative estimate of drug-likeness (QED) is 0.317.